The molecule has 39 heavy (non-hydrogen) atoms. The highest BCUT2D eigenvalue weighted by molar-refractivity contribution is 7.22. The van der Waals surface area contributed by atoms with Crippen molar-refractivity contribution in [1.29, 1.82) is 0 Å². The fourth-order valence-corrected chi connectivity index (χ4v) is 5.44. The lowest BCUT2D eigenvalue weighted by Crippen LogP contribution is -2.21. The molecule has 0 saturated heterocycles. The van der Waals surface area contributed by atoms with E-state index in [0.717, 1.165) is 17.0 Å². The molecule has 0 aliphatic carbocycles. The zero-order chi connectivity index (χ0) is 27.4. The summed E-state index contributed by atoms with van der Waals surface area (Å²) in [6, 6.07) is 23.6. The highest BCUT2D eigenvalue weighted by Gasteiger charge is 2.14. The van der Waals surface area contributed by atoms with Crippen LogP contribution in [0, 0.1) is 0 Å². The van der Waals surface area contributed by atoms with Crippen LogP contribution < -0.4 is 20.3 Å². The van der Waals surface area contributed by atoms with E-state index in [4.69, 9.17) is 21.1 Å². The molecule has 8 heteroatoms. The van der Waals surface area contributed by atoms with Crippen molar-refractivity contribution in [3.63, 3.8) is 0 Å². The number of methoxy groups -OCH3 is 1. The molecule has 0 saturated carbocycles. The van der Waals surface area contributed by atoms with Crippen LogP contribution in [0.25, 0.3) is 26.3 Å². The quantitative estimate of drug-likeness (QED) is 0.185. The fourth-order valence-electron chi connectivity index (χ4n) is 4.26. The molecule has 6 nitrogen and oxygen atoms in total. The van der Waals surface area contributed by atoms with E-state index in [1.165, 1.54) is 27.0 Å². The summed E-state index contributed by atoms with van der Waals surface area (Å²) in [6.45, 7) is 6.34. The molecule has 0 aliphatic rings. The van der Waals surface area contributed by atoms with Gasteiger partial charge in [0.05, 0.1) is 18.3 Å². The summed E-state index contributed by atoms with van der Waals surface area (Å²) in [4.78, 5) is 18.9. The number of thiophene rings is 1. The van der Waals surface area contributed by atoms with Crippen molar-refractivity contribution in [2.45, 2.75) is 26.3 Å². The fraction of sp³-hybridized carbons (Fsp3) is 0.226. The highest BCUT2D eigenvalue weighted by Crippen LogP contribution is 2.33. The summed E-state index contributed by atoms with van der Waals surface area (Å²) in [5, 5.41) is 4.08. The number of halogens is 1. The minimum atomic E-state index is -0.133. The monoisotopic (exact) mass is 559 g/mol. The van der Waals surface area contributed by atoms with Gasteiger partial charge >= 0.3 is 0 Å². The number of nitrogens with one attached hydrogen (secondary N) is 1. The van der Waals surface area contributed by atoms with Crippen molar-refractivity contribution in [2.24, 2.45) is 0 Å². The second-order valence-electron chi connectivity index (χ2n) is 9.51. The Hall–Kier alpha value is -3.65. The Labute approximate surface area is 236 Å². The summed E-state index contributed by atoms with van der Waals surface area (Å²) in [7, 11) is 1.59. The molecule has 0 spiro atoms. The van der Waals surface area contributed by atoms with Gasteiger partial charge in [0.1, 0.15) is 17.6 Å². The third-order valence-corrected chi connectivity index (χ3v) is 7.92. The van der Waals surface area contributed by atoms with Crippen LogP contribution in [0.15, 0.2) is 83.9 Å². The lowest BCUT2D eigenvalue weighted by molar-refractivity contribution is 0.292. The molecule has 0 radical (unpaired) electrons. The van der Waals surface area contributed by atoms with Gasteiger partial charge in [-0.1, -0.05) is 61.8 Å². The van der Waals surface area contributed by atoms with Gasteiger partial charge in [0.25, 0.3) is 5.56 Å². The van der Waals surface area contributed by atoms with E-state index in [-0.39, 0.29) is 5.56 Å². The van der Waals surface area contributed by atoms with Gasteiger partial charge in [0.15, 0.2) is 11.5 Å². The molecule has 2 heterocycles. The number of hydrogen-bond acceptors (Lipinski definition) is 6. The Morgan fingerprint density at radius 1 is 1.00 bits per heavy atom. The molecule has 5 rings (SSSR count). The summed E-state index contributed by atoms with van der Waals surface area (Å²) in [5.74, 6) is 1.70. The first-order valence-electron chi connectivity index (χ1n) is 12.8. The van der Waals surface area contributed by atoms with Crippen molar-refractivity contribution in [1.82, 2.24) is 14.9 Å². The van der Waals surface area contributed by atoms with E-state index < -0.39 is 0 Å². The summed E-state index contributed by atoms with van der Waals surface area (Å²) >= 11 is 7.44. The highest BCUT2D eigenvalue weighted by atomic mass is 35.5. The number of benzene rings is 3. The molecule has 0 fully saturated rings. The molecule has 200 valence electrons. The summed E-state index contributed by atoms with van der Waals surface area (Å²) < 4.78 is 13.7. The molecule has 0 bridgehead atoms. The molecular formula is C31H30ClN3O3S. The lowest BCUT2D eigenvalue weighted by Gasteiger charge is -2.13. The second-order valence-corrected chi connectivity index (χ2v) is 11.0. The summed E-state index contributed by atoms with van der Waals surface area (Å²) in [5.41, 5.74) is 4.77. The van der Waals surface area contributed by atoms with E-state index in [2.05, 4.69) is 48.4 Å². The van der Waals surface area contributed by atoms with Crippen LogP contribution in [0.2, 0.25) is 5.02 Å². The maximum absolute atomic E-state index is 13.4. The molecule has 0 unspecified atom stereocenters. The Morgan fingerprint density at radius 3 is 2.49 bits per heavy atom. The molecule has 0 aliphatic heterocycles. The summed E-state index contributed by atoms with van der Waals surface area (Å²) in [6.07, 6.45) is 1.55. The van der Waals surface area contributed by atoms with Gasteiger partial charge in [-0.3, -0.25) is 9.36 Å². The Bertz CT molecular complexity index is 1630. The van der Waals surface area contributed by atoms with Crippen LogP contribution in [0.3, 0.4) is 0 Å². The molecule has 0 atom stereocenters. The first kappa shape index (κ1) is 26.9. The van der Waals surface area contributed by atoms with Crippen molar-refractivity contribution in [3.05, 3.63) is 106 Å². The normalized spacial score (nSPS) is 11.3. The van der Waals surface area contributed by atoms with Gasteiger partial charge in [-0.2, -0.15) is 0 Å². The van der Waals surface area contributed by atoms with Gasteiger partial charge in [-0.15, -0.1) is 11.3 Å². The molecule has 3 aromatic carbocycles. The minimum Gasteiger partial charge on any atom is -0.493 e. The minimum absolute atomic E-state index is 0.133. The zero-order valence-corrected chi connectivity index (χ0v) is 23.7. The van der Waals surface area contributed by atoms with Gasteiger partial charge in [0.2, 0.25) is 0 Å². The molecule has 1 N–H and O–H groups in total. The van der Waals surface area contributed by atoms with Crippen molar-refractivity contribution < 1.29 is 9.47 Å². The van der Waals surface area contributed by atoms with Crippen molar-refractivity contribution in [3.8, 4) is 27.6 Å². The van der Waals surface area contributed by atoms with E-state index >= 15 is 0 Å². The first-order chi connectivity index (χ1) is 18.9. The van der Waals surface area contributed by atoms with Crippen LogP contribution in [-0.2, 0) is 6.54 Å². The van der Waals surface area contributed by atoms with Crippen LogP contribution >= 0.6 is 22.9 Å². The van der Waals surface area contributed by atoms with Crippen LogP contribution in [0.5, 0.6) is 11.5 Å². The van der Waals surface area contributed by atoms with Crippen molar-refractivity contribution >= 4 is 33.2 Å². The molecule has 5 aromatic rings. The van der Waals surface area contributed by atoms with Gasteiger partial charge < -0.3 is 14.8 Å². The van der Waals surface area contributed by atoms with Crippen LogP contribution in [0.1, 0.15) is 30.9 Å². The van der Waals surface area contributed by atoms with Crippen molar-refractivity contribution in [2.75, 3.05) is 20.3 Å². The van der Waals surface area contributed by atoms with Gasteiger partial charge in [-0.05, 0) is 52.9 Å². The SMILES string of the molecule is COc1cc(-n2cnc3cc(-c4ccc(Cl)cc4)sc3c2=O)ccc1OCCNCc1ccc(C(C)C)cc1. The molecular weight excluding hydrogens is 530 g/mol. The smallest absolute Gasteiger partial charge is 0.275 e. The second kappa shape index (κ2) is 12.0. The number of fused-ring (bicyclic) bond motifs is 1. The maximum atomic E-state index is 13.4. The van der Waals surface area contributed by atoms with E-state index in [1.54, 1.807) is 19.5 Å². The first-order valence-corrected chi connectivity index (χ1v) is 14.0. The van der Waals surface area contributed by atoms with Gasteiger partial charge in [0, 0.05) is 29.1 Å². The number of aromatic nitrogens is 2. The Balaban J connectivity index is 1.25. The standard InChI is InChI=1S/C31H30ClN3O3S/c1-20(2)22-6-4-21(5-7-22)18-33-14-15-38-27-13-12-25(16-28(27)37-3)35-19-34-26-17-29(39-30(26)31(35)36)23-8-10-24(32)11-9-23/h4-13,16-17,19-20,33H,14-15,18H2,1-3H3. The Morgan fingerprint density at radius 2 is 1.77 bits per heavy atom. The number of ether oxygens (including phenoxy) is 2. The maximum Gasteiger partial charge on any atom is 0.275 e. The molecule has 2 aromatic heterocycles. The lowest BCUT2D eigenvalue weighted by atomic mass is 10.0. The number of nitrogens with zero attached hydrogens (tertiary/aromatic N) is 2. The average Bonchev–Trinajstić information content (AvgIpc) is 3.39. The third kappa shape index (κ3) is 6.17. The third-order valence-electron chi connectivity index (χ3n) is 6.50. The number of rotatable bonds is 10. The topological polar surface area (TPSA) is 65.4 Å². The van der Waals surface area contributed by atoms with Gasteiger partial charge in [-0.25, -0.2) is 4.98 Å². The van der Waals surface area contributed by atoms with E-state index in [9.17, 15) is 4.79 Å². The van der Waals surface area contributed by atoms with Crippen LogP contribution in [-0.4, -0.2) is 29.8 Å². The average molecular weight is 560 g/mol. The largest absolute Gasteiger partial charge is 0.493 e. The zero-order valence-electron chi connectivity index (χ0n) is 22.1. The van der Waals surface area contributed by atoms with E-state index in [0.29, 0.717) is 51.5 Å². The number of hydrogen-bond donors (Lipinski definition) is 1. The Kier molecular flexibility index (Phi) is 8.31. The predicted octanol–water partition coefficient (Wildman–Crippen LogP) is 7.07. The predicted molar refractivity (Wildman–Crippen MR) is 160 cm³/mol. The molecule has 0 amide bonds. The van der Waals surface area contributed by atoms with E-state index in [1.807, 2.05) is 42.5 Å². The van der Waals surface area contributed by atoms with Crippen LogP contribution in [0.4, 0.5) is 0 Å².